The Morgan fingerprint density at radius 1 is 1.15 bits per heavy atom. The third-order valence-corrected chi connectivity index (χ3v) is 4.97. The summed E-state index contributed by atoms with van der Waals surface area (Å²) in [5, 5.41) is 5.86. The fourth-order valence-corrected chi connectivity index (χ4v) is 3.33. The molecule has 1 fully saturated rings. The molecule has 0 aromatic heterocycles. The summed E-state index contributed by atoms with van der Waals surface area (Å²) in [7, 11) is 0. The molecule has 1 atom stereocenters. The van der Waals surface area contributed by atoms with Crippen LogP contribution in [0.3, 0.4) is 0 Å². The molecule has 0 unspecified atom stereocenters. The van der Waals surface area contributed by atoms with E-state index in [1.807, 2.05) is 36.1 Å². The predicted octanol–water partition coefficient (Wildman–Crippen LogP) is 4.25. The first-order chi connectivity index (χ1) is 13.0. The lowest BCUT2D eigenvalue weighted by Crippen LogP contribution is -2.31. The smallest absolute Gasteiger partial charge is 0.319 e. The first-order valence-corrected chi connectivity index (χ1v) is 9.58. The van der Waals surface area contributed by atoms with E-state index in [4.69, 9.17) is 0 Å². The van der Waals surface area contributed by atoms with Crippen LogP contribution in [0.1, 0.15) is 49.4 Å². The maximum Gasteiger partial charge on any atom is 0.319 e. The van der Waals surface area contributed by atoms with Crippen LogP contribution >= 0.6 is 0 Å². The van der Waals surface area contributed by atoms with E-state index < -0.39 is 0 Å². The number of rotatable bonds is 6. The number of aryl methyl sites for hydroxylation is 1. The van der Waals surface area contributed by atoms with Gasteiger partial charge in [-0.3, -0.25) is 4.79 Å². The zero-order chi connectivity index (χ0) is 19.2. The molecule has 0 bridgehead atoms. The minimum atomic E-state index is -0.239. The van der Waals surface area contributed by atoms with Gasteiger partial charge in [-0.1, -0.05) is 43.3 Å². The van der Waals surface area contributed by atoms with Crippen molar-refractivity contribution in [2.45, 2.75) is 45.7 Å². The van der Waals surface area contributed by atoms with E-state index in [0.29, 0.717) is 13.0 Å². The second-order valence-corrected chi connectivity index (χ2v) is 7.03. The van der Waals surface area contributed by atoms with Crippen molar-refractivity contribution in [2.75, 3.05) is 11.9 Å². The molecule has 0 spiro atoms. The molecule has 0 aliphatic carbocycles. The lowest BCUT2D eigenvalue weighted by molar-refractivity contribution is -0.128. The third kappa shape index (κ3) is 5.09. The maximum absolute atomic E-state index is 12.3. The van der Waals surface area contributed by atoms with Crippen molar-refractivity contribution in [1.29, 1.82) is 0 Å². The van der Waals surface area contributed by atoms with Gasteiger partial charge in [-0.15, -0.1) is 0 Å². The van der Waals surface area contributed by atoms with Gasteiger partial charge in [0.05, 0.1) is 6.04 Å². The van der Waals surface area contributed by atoms with E-state index in [0.717, 1.165) is 36.2 Å². The molecule has 0 radical (unpaired) electrons. The number of carbonyl (C=O) groups excluding carboxylic acids is 2. The van der Waals surface area contributed by atoms with Gasteiger partial charge in [-0.2, -0.15) is 0 Å². The van der Waals surface area contributed by atoms with Crippen molar-refractivity contribution in [2.24, 2.45) is 0 Å². The molecule has 2 N–H and O–H groups in total. The Morgan fingerprint density at radius 2 is 1.93 bits per heavy atom. The molecule has 1 heterocycles. The summed E-state index contributed by atoms with van der Waals surface area (Å²) >= 11 is 0. The van der Waals surface area contributed by atoms with Crippen LogP contribution < -0.4 is 10.6 Å². The number of benzene rings is 2. The zero-order valence-corrected chi connectivity index (χ0v) is 16.0. The molecule has 5 heteroatoms. The molecule has 0 saturated carbocycles. The molecule has 3 amide bonds. The number of hydrogen-bond acceptors (Lipinski definition) is 2. The number of carbonyl (C=O) groups is 2. The standard InChI is InChI=1S/C22H27N3O2/c1-3-17-9-11-19(12-10-17)16(2)23-22(27)24-20-7-4-6-18(14-20)15-25-13-5-8-21(25)26/h4,6-7,9-12,14,16H,3,5,8,13,15H2,1-2H3,(H2,23,24,27)/t16-/m1/s1. The first-order valence-electron chi connectivity index (χ1n) is 9.58. The van der Waals surface area contributed by atoms with Gasteiger partial charge in [-0.25, -0.2) is 4.79 Å². The number of anilines is 1. The molecule has 27 heavy (non-hydrogen) atoms. The van der Waals surface area contributed by atoms with Crippen LogP contribution in [0.5, 0.6) is 0 Å². The Kier molecular flexibility index (Phi) is 6.12. The molecular formula is C22H27N3O2. The lowest BCUT2D eigenvalue weighted by atomic mass is 10.1. The van der Waals surface area contributed by atoms with Crippen molar-refractivity contribution >= 4 is 17.6 Å². The Morgan fingerprint density at radius 3 is 2.59 bits per heavy atom. The Hall–Kier alpha value is -2.82. The molecule has 1 saturated heterocycles. The van der Waals surface area contributed by atoms with Gasteiger partial charge in [0.25, 0.3) is 0 Å². The fourth-order valence-electron chi connectivity index (χ4n) is 3.33. The molecule has 3 rings (SSSR count). The summed E-state index contributed by atoms with van der Waals surface area (Å²) in [4.78, 5) is 26.0. The van der Waals surface area contributed by atoms with Gasteiger partial charge in [0.1, 0.15) is 0 Å². The normalized spacial score (nSPS) is 14.9. The number of nitrogens with one attached hydrogen (secondary N) is 2. The summed E-state index contributed by atoms with van der Waals surface area (Å²) in [5.41, 5.74) is 4.10. The van der Waals surface area contributed by atoms with Crippen molar-refractivity contribution in [3.8, 4) is 0 Å². The minimum Gasteiger partial charge on any atom is -0.338 e. The van der Waals surface area contributed by atoms with Gasteiger partial charge in [0.2, 0.25) is 5.91 Å². The summed E-state index contributed by atoms with van der Waals surface area (Å²) < 4.78 is 0. The Balaban J connectivity index is 1.56. The molecule has 5 nitrogen and oxygen atoms in total. The van der Waals surface area contributed by atoms with Crippen LogP contribution in [-0.2, 0) is 17.8 Å². The SMILES string of the molecule is CCc1ccc([C@@H](C)NC(=O)Nc2cccc(CN3CCCC3=O)c2)cc1. The van der Waals surface area contributed by atoms with E-state index in [1.54, 1.807) is 0 Å². The summed E-state index contributed by atoms with van der Waals surface area (Å²) in [6.07, 6.45) is 2.57. The number of hydrogen-bond donors (Lipinski definition) is 2. The van der Waals surface area contributed by atoms with Crippen LogP contribution in [0.2, 0.25) is 0 Å². The minimum absolute atomic E-state index is 0.0821. The fraction of sp³-hybridized carbons (Fsp3) is 0.364. The number of likely N-dealkylation sites (tertiary alicyclic amines) is 1. The van der Waals surface area contributed by atoms with Crippen LogP contribution in [0.25, 0.3) is 0 Å². The van der Waals surface area contributed by atoms with Gasteiger partial charge < -0.3 is 15.5 Å². The van der Waals surface area contributed by atoms with Crippen molar-refractivity contribution in [3.05, 3.63) is 65.2 Å². The molecule has 142 valence electrons. The highest BCUT2D eigenvalue weighted by molar-refractivity contribution is 5.89. The number of amides is 3. The topological polar surface area (TPSA) is 61.4 Å². The third-order valence-electron chi connectivity index (χ3n) is 4.97. The zero-order valence-electron chi connectivity index (χ0n) is 16.0. The number of urea groups is 1. The van der Waals surface area contributed by atoms with Gasteiger partial charge >= 0.3 is 6.03 Å². The number of nitrogens with zero attached hydrogens (tertiary/aromatic N) is 1. The van der Waals surface area contributed by atoms with Gasteiger partial charge in [0.15, 0.2) is 0 Å². The molecule has 1 aliphatic rings. The van der Waals surface area contributed by atoms with E-state index in [9.17, 15) is 9.59 Å². The quantitative estimate of drug-likeness (QED) is 0.804. The van der Waals surface area contributed by atoms with Crippen LogP contribution in [0.15, 0.2) is 48.5 Å². The second-order valence-electron chi connectivity index (χ2n) is 7.03. The van der Waals surface area contributed by atoms with E-state index in [2.05, 4.69) is 41.8 Å². The first kappa shape index (κ1) is 19.0. The Bertz CT molecular complexity index is 801. The maximum atomic E-state index is 12.3. The van der Waals surface area contributed by atoms with Crippen LogP contribution in [0, 0.1) is 0 Å². The van der Waals surface area contributed by atoms with Crippen molar-refractivity contribution in [1.82, 2.24) is 10.2 Å². The van der Waals surface area contributed by atoms with Crippen LogP contribution in [0.4, 0.5) is 10.5 Å². The molecule has 2 aromatic rings. The second kappa shape index (κ2) is 8.71. The van der Waals surface area contributed by atoms with E-state index in [-0.39, 0.29) is 18.0 Å². The predicted molar refractivity (Wildman–Crippen MR) is 107 cm³/mol. The van der Waals surface area contributed by atoms with Crippen molar-refractivity contribution < 1.29 is 9.59 Å². The summed E-state index contributed by atoms with van der Waals surface area (Å²) in [6, 6.07) is 15.6. The monoisotopic (exact) mass is 365 g/mol. The molecule has 1 aliphatic heterocycles. The lowest BCUT2D eigenvalue weighted by Gasteiger charge is -2.17. The molecule has 2 aromatic carbocycles. The highest BCUT2D eigenvalue weighted by Crippen LogP contribution is 2.18. The molecular weight excluding hydrogens is 338 g/mol. The van der Waals surface area contributed by atoms with Gasteiger partial charge in [0, 0.05) is 25.2 Å². The Labute approximate surface area is 160 Å². The van der Waals surface area contributed by atoms with Crippen LogP contribution in [-0.4, -0.2) is 23.4 Å². The van der Waals surface area contributed by atoms with E-state index in [1.165, 1.54) is 5.56 Å². The highest BCUT2D eigenvalue weighted by Gasteiger charge is 2.20. The average molecular weight is 365 g/mol. The summed E-state index contributed by atoms with van der Waals surface area (Å²) in [5.74, 6) is 0.203. The van der Waals surface area contributed by atoms with Gasteiger partial charge in [-0.05, 0) is 48.6 Å². The average Bonchev–Trinajstić information content (AvgIpc) is 3.06. The largest absolute Gasteiger partial charge is 0.338 e. The van der Waals surface area contributed by atoms with Crippen molar-refractivity contribution in [3.63, 3.8) is 0 Å². The highest BCUT2D eigenvalue weighted by atomic mass is 16.2. The summed E-state index contributed by atoms with van der Waals surface area (Å²) in [6.45, 7) is 5.50. The van der Waals surface area contributed by atoms with E-state index >= 15 is 0 Å².